The highest BCUT2D eigenvalue weighted by Gasteiger charge is 2.30. The van der Waals surface area contributed by atoms with Gasteiger partial charge in [-0.2, -0.15) is 5.10 Å². The van der Waals surface area contributed by atoms with Crippen molar-refractivity contribution >= 4 is 33.4 Å². The number of anilines is 1. The molecule has 124 valence electrons. The van der Waals surface area contributed by atoms with Crippen LogP contribution in [0.25, 0.3) is 0 Å². The number of carbonyl (C=O) groups excluding carboxylic acids is 1. The number of hydrazone groups is 1. The fraction of sp³-hybridized carbons (Fsp3) is 0.500. The minimum absolute atomic E-state index is 0.204. The third kappa shape index (κ3) is 3.49. The number of nitrogens with zero attached hydrogens (tertiary/aromatic N) is 3. The smallest absolute Gasteiger partial charge is 0.222 e. The van der Waals surface area contributed by atoms with Gasteiger partial charge in [-0.1, -0.05) is 22.9 Å². The Labute approximate surface area is 143 Å². The van der Waals surface area contributed by atoms with Gasteiger partial charge >= 0.3 is 0 Å². The van der Waals surface area contributed by atoms with E-state index in [-0.39, 0.29) is 11.7 Å². The summed E-state index contributed by atoms with van der Waals surface area (Å²) in [7, 11) is 0. The molecule has 1 N–H and O–H groups in total. The van der Waals surface area contributed by atoms with Crippen molar-refractivity contribution in [3.8, 4) is 0 Å². The minimum atomic E-state index is -0.273. The van der Waals surface area contributed by atoms with Crippen molar-refractivity contribution in [2.24, 2.45) is 11.0 Å². The Morgan fingerprint density at radius 2 is 2.35 bits per heavy atom. The molecule has 0 aromatic heterocycles. The summed E-state index contributed by atoms with van der Waals surface area (Å²) in [4.78, 5) is 15.6. The van der Waals surface area contributed by atoms with E-state index < -0.39 is 0 Å². The van der Waals surface area contributed by atoms with Crippen LogP contribution in [-0.2, 0) is 4.79 Å². The maximum Gasteiger partial charge on any atom is 0.222 e. The number of nitrogens with one attached hydrogen (secondary N) is 1. The predicted octanol–water partition coefficient (Wildman–Crippen LogP) is 2.92. The Morgan fingerprint density at radius 1 is 1.52 bits per heavy atom. The molecule has 0 aliphatic carbocycles. The van der Waals surface area contributed by atoms with Gasteiger partial charge in [-0.05, 0) is 30.5 Å². The van der Waals surface area contributed by atoms with Crippen LogP contribution in [0, 0.1) is 11.7 Å². The Bertz CT molecular complexity index is 637. The standard InChI is InChI=1S/C16H20BrFN4O/c1-2-16(23)21-6-5-11(9-21)7-15-20-19-10-22(15)14-4-3-12(17)8-13(14)18/h3-4,8,11,19H,2,5-7,9-10H2,1H3/t11-/m0/s1. The molecule has 2 heterocycles. The average molecular weight is 383 g/mol. The Hall–Kier alpha value is -1.63. The number of rotatable bonds is 4. The van der Waals surface area contributed by atoms with Crippen molar-refractivity contribution < 1.29 is 9.18 Å². The van der Waals surface area contributed by atoms with E-state index in [2.05, 4.69) is 26.5 Å². The first-order valence-electron chi connectivity index (χ1n) is 7.88. The molecule has 2 aliphatic heterocycles. The highest BCUT2D eigenvalue weighted by Crippen LogP contribution is 2.28. The van der Waals surface area contributed by atoms with Crippen molar-refractivity contribution in [1.29, 1.82) is 0 Å². The lowest BCUT2D eigenvalue weighted by atomic mass is 10.0. The van der Waals surface area contributed by atoms with Gasteiger partial charge < -0.3 is 9.80 Å². The highest BCUT2D eigenvalue weighted by molar-refractivity contribution is 9.10. The summed E-state index contributed by atoms with van der Waals surface area (Å²) in [6.45, 7) is 3.93. The van der Waals surface area contributed by atoms with Crippen molar-refractivity contribution in [2.45, 2.75) is 26.2 Å². The van der Waals surface area contributed by atoms with E-state index >= 15 is 0 Å². The maximum absolute atomic E-state index is 14.2. The SMILES string of the molecule is CCC(=O)N1CC[C@@H](CC2=NNCN2c2ccc(Br)cc2F)C1. The zero-order chi connectivity index (χ0) is 16.4. The van der Waals surface area contributed by atoms with E-state index in [0.717, 1.165) is 31.8 Å². The summed E-state index contributed by atoms with van der Waals surface area (Å²) >= 11 is 3.28. The number of amides is 1. The van der Waals surface area contributed by atoms with E-state index in [1.54, 1.807) is 6.07 Å². The number of likely N-dealkylation sites (tertiary alicyclic amines) is 1. The first kappa shape index (κ1) is 16.2. The second-order valence-electron chi connectivity index (χ2n) is 5.92. The zero-order valence-corrected chi connectivity index (χ0v) is 14.6. The highest BCUT2D eigenvalue weighted by atomic mass is 79.9. The average Bonchev–Trinajstić information content (AvgIpc) is 3.17. The summed E-state index contributed by atoms with van der Waals surface area (Å²) in [6, 6.07) is 5.04. The summed E-state index contributed by atoms with van der Waals surface area (Å²) < 4.78 is 14.9. The van der Waals surface area contributed by atoms with Gasteiger partial charge in [0.05, 0.1) is 5.69 Å². The van der Waals surface area contributed by atoms with Gasteiger partial charge in [-0.25, -0.2) is 4.39 Å². The number of benzene rings is 1. The van der Waals surface area contributed by atoms with Gasteiger partial charge in [-0.3, -0.25) is 10.2 Å². The fourth-order valence-electron chi connectivity index (χ4n) is 3.14. The molecule has 7 heteroatoms. The van der Waals surface area contributed by atoms with E-state index in [9.17, 15) is 9.18 Å². The van der Waals surface area contributed by atoms with Crippen LogP contribution >= 0.6 is 15.9 Å². The minimum Gasteiger partial charge on any atom is -0.342 e. The second kappa shape index (κ2) is 6.86. The van der Waals surface area contributed by atoms with Crippen molar-refractivity contribution in [3.63, 3.8) is 0 Å². The van der Waals surface area contributed by atoms with Gasteiger partial charge in [0.1, 0.15) is 18.3 Å². The zero-order valence-electron chi connectivity index (χ0n) is 13.1. The molecule has 3 rings (SSSR count). The van der Waals surface area contributed by atoms with Gasteiger partial charge in [-0.15, -0.1) is 0 Å². The van der Waals surface area contributed by atoms with Crippen LogP contribution in [0.1, 0.15) is 26.2 Å². The van der Waals surface area contributed by atoms with Crippen LogP contribution in [0.5, 0.6) is 0 Å². The lowest BCUT2D eigenvalue weighted by Gasteiger charge is -2.22. The molecule has 0 bridgehead atoms. The lowest BCUT2D eigenvalue weighted by molar-refractivity contribution is -0.129. The molecule has 0 saturated carbocycles. The quantitative estimate of drug-likeness (QED) is 0.870. The van der Waals surface area contributed by atoms with E-state index in [4.69, 9.17) is 0 Å². The van der Waals surface area contributed by atoms with E-state index in [1.807, 2.05) is 22.8 Å². The van der Waals surface area contributed by atoms with Crippen LogP contribution in [0.4, 0.5) is 10.1 Å². The Kier molecular flexibility index (Phi) is 4.84. The van der Waals surface area contributed by atoms with Crippen molar-refractivity contribution in [3.05, 3.63) is 28.5 Å². The molecule has 0 spiro atoms. The lowest BCUT2D eigenvalue weighted by Crippen LogP contribution is -2.32. The summed E-state index contributed by atoms with van der Waals surface area (Å²) in [5.74, 6) is 1.15. The van der Waals surface area contributed by atoms with Crippen molar-refractivity contribution in [1.82, 2.24) is 10.3 Å². The maximum atomic E-state index is 14.2. The Morgan fingerprint density at radius 3 is 3.09 bits per heavy atom. The summed E-state index contributed by atoms with van der Waals surface area (Å²) in [5, 5.41) is 4.32. The molecule has 1 aromatic carbocycles. The molecule has 0 unspecified atom stereocenters. The van der Waals surface area contributed by atoms with Crippen LogP contribution < -0.4 is 10.3 Å². The fourth-order valence-corrected chi connectivity index (χ4v) is 3.47. The van der Waals surface area contributed by atoms with Crippen molar-refractivity contribution in [2.75, 3.05) is 24.7 Å². The van der Waals surface area contributed by atoms with Gasteiger partial charge in [0.15, 0.2) is 0 Å². The van der Waals surface area contributed by atoms with Crippen LogP contribution in [0.3, 0.4) is 0 Å². The second-order valence-corrected chi connectivity index (χ2v) is 6.84. The molecule has 1 aromatic rings. The molecule has 1 atom stereocenters. The molecular formula is C16H20BrFN4O. The largest absolute Gasteiger partial charge is 0.342 e. The normalized spacial score (nSPS) is 20.7. The summed E-state index contributed by atoms with van der Waals surface area (Å²) in [5.41, 5.74) is 3.46. The van der Waals surface area contributed by atoms with E-state index in [1.165, 1.54) is 6.07 Å². The first-order chi connectivity index (χ1) is 11.1. The molecule has 23 heavy (non-hydrogen) atoms. The molecule has 2 aliphatic rings. The molecular weight excluding hydrogens is 363 g/mol. The predicted molar refractivity (Wildman–Crippen MR) is 91.6 cm³/mol. The van der Waals surface area contributed by atoms with Crippen LogP contribution in [0.2, 0.25) is 0 Å². The molecule has 5 nitrogen and oxygen atoms in total. The molecule has 0 radical (unpaired) electrons. The third-order valence-electron chi connectivity index (χ3n) is 4.36. The van der Waals surface area contributed by atoms with Crippen LogP contribution in [-0.4, -0.2) is 36.4 Å². The van der Waals surface area contributed by atoms with Gasteiger partial charge in [0, 0.05) is 30.4 Å². The van der Waals surface area contributed by atoms with Gasteiger partial charge in [0.2, 0.25) is 5.91 Å². The summed E-state index contributed by atoms with van der Waals surface area (Å²) in [6.07, 6.45) is 2.27. The number of hydrogen-bond donors (Lipinski definition) is 1. The van der Waals surface area contributed by atoms with E-state index in [0.29, 0.717) is 29.2 Å². The Balaban J connectivity index is 1.67. The van der Waals surface area contributed by atoms with Crippen LogP contribution in [0.15, 0.2) is 27.8 Å². The van der Waals surface area contributed by atoms with Gasteiger partial charge in [0.25, 0.3) is 0 Å². The first-order valence-corrected chi connectivity index (χ1v) is 8.67. The monoisotopic (exact) mass is 382 g/mol. The number of carbonyl (C=O) groups is 1. The third-order valence-corrected chi connectivity index (χ3v) is 4.85. The topological polar surface area (TPSA) is 47.9 Å². The molecule has 1 saturated heterocycles. The molecule has 1 fully saturated rings. The number of halogens is 2. The molecule has 1 amide bonds. The number of hydrogen-bond acceptors (Lipinski definition) is 4. The number of amidine groups is 1.